The van der Waals surface area contributed by atoms with E-state index in [2.05, 4.69) is 9.97 Å². The first kappa shape index (κ1) is 25.0. The van der Waals surface area contributed by atoms with Crippen LogP contribution in [0.2, 0.25) is 0 Å². The third-order valence-electron chi connectivity index (χ3n) is 3.64. The van der Waals surface area contributed by atoms with Crippen molar-refractivity contribution in [3.05, 3.63) is 109 Å². The Kier molecular flexibility index (Phi) is 9.59. The third kappa shape index (κ3) is 7.08. The van der Waals surface area contributed by atoms with E-state index in [4.69, 9.17) is 15.3 Å². The number of nitrogens with zero attached hydrogens (tertiary/aromatic N) is 5. The maximum atomic E-state index is 10.6. The van der Waals surface area contributed by atoms with Crippen LogP contribution in [0.25, 0.3) is 21.8 Å². The van der Waals surface area contributed by atoms with E-state index in [0.717, 1.165) is 0 Å². The van der Waals surface area contributed by atoms with Crippen molar-refractivity contribution in [3.8, 4) is 0 Å². The molecule has 0 saturated heterocycles. The van der Waals surface area contributed by atoms with Crippen molar-refractivity contribution in [1.82, 2.24) is 9.97 Å². The number of hydrogen-bond acceptors (Lipinski definition) is 9. The van der Waals surface area contributed by atoms with Gasteiger partial charge in [0.2, 0.25) is 0 Å². The van der Waals surface area contributed by atoms with Crippen LogP contribution in [0.3, 0.4) is 0 Å². The van der Waals surface area contributed by atoms with Gasteiger partial charge in [-0.25, -0.2) is 0 Å². The fourth-order valence-corrected chi connectivity index (χ4v) is 2.49. The van der Waals surface area contributed by atoms with E-state index in [0.29, 0.717) is 21.8 Å². The van der Waals surface area contributed by atoms with Gasteiger partial charge in [0, 0.05) is 24.5 Å². The van der Waals surface area contributed by atoms with Gasteiger partial charge in [0.1, 0.15) is 0 Å². The van der Waals surface area contributed by atoms with Crippen molar-refractivity contribution in [3.63, 3.8) is 0 Å². The van der Waals surface area contributed by atoms with Crippen LogP contribution in [0.1, 0.15) is 0 Å². The van der Waals surface area contributed by atoms with Gasteiger partial charge in [-0.2, -0.15) is 0 Å². The van der Waals surface area contributed by atoms with Crippen LogP contribution in [-0.2, 0) is 22.4 Å². The van der Waals surface area contributed by atoms with E-state index in [9.17, 15) is 20.2 Å². The number of benzene rings is 2. The molecular weight excluding hydrogens is 506 g/mol. The summed E-state index contributed by atoms with van der Waals surface area (Å²) in [5.74, 6) is 0. The van der Waals surface area contributed by atoms with E-state index in [1.54, 1.807) is 60.9 Å². The van der Waals surface area contributed by atoms with E-state index in [-0.39, 0.29) is 33.8 Å². The van der Waals surface area contributed by atoms with Crippen molar-refractivity contribution >= 4 is 33.2 Å². The third-order valence-corrected chi connectivity index (χ3v) is 3.64. The average molecular weight is 518 g/mol. The number of aromatic nitrogens is 2. The minimum absolute atomic E-state index is 0. The maximum absolute atomic E-state index is 10.6. The summed E-state index contributed by atoms with van der Waals surface area (Å²) < 4.78 is 0. The molecule has 0 aliphatic rings. The monoisotopic (exact) mass is 517 g/mol. The average Bonchev–Trinajstić information content (AvgIpc) is 2.73. The molecular formula is C18H12AgN5O7. The maximum Gasteiger partial charge on any atom is 1.00 e. The summed E-state index contributed by atoms with van der Waals surface area (Å²) in [5.41, 5.74) is 1.50. The summed E-state index contributed by atoms with van der Waals surface area (Å²) in [6.07, 6.45) is 3.23. The Balaban J connectivity index is 0.000000258. The van der Waals surface area contributed by atoms with E-state index >= 15 is 0 Å². The Morgan fingerprint density at radius 1 is 0.581 bits per heavy atom. The molecule has 0 fully saturated rings. The molecule has 2 aromatic heterocycles. The van der Waals surface area contributed by atoms with Gasteiger partial charge in [-0.15, -0.1) is 0 Å². The van der Waals surface area contributed by atoms with Gasteiger partial charge in [0.15, 0.2) is 0 Å². The largest absolute Gasteiger partial charge is 1.00 e. The summed E-state index contributed by atoms with van der Waals surface area (Å²) in [6, 6.07) is 16.5. The summed E-state index contributed by atoms with van der Waals surface area (Å²) in [6.45, 7) is 0. The van der Waals surface area contributed by atoms with E-state index in [1.165, 1.54) is 12.1 Å². The smallest absolute Gasteiger partial charge is 0.356 e. The molecule has 13 heteroatoms. The number of nitro benzene ring substituents is 2. The summed E-state index contributed by atoms with van der Waals surface area (Å²) in [4.78, 5) is 36.7. The van der Waals surface area contributed by atoms with Gasteiger partial charge < -0.3 is 15.3 Å². The van der Waals surface area contributed by atoms with Crippen LogP contribution >= 0.6 is 0 Å². The van der Waals surface area contributed by atoms with Crippen LogP contribution in [0.15, 0.2) is 73.1 Å². The fourth-order valence-electron chi connectivity index (χ4n) is 2.49. The Bertz CT molecular complexity index is 1120. The molecule has 12 nitrogen and oxygen atoms in total. The molecule has 0 aliphatic carbocycles. The number of pyridine rings is 2. The molecule has 0 bridgehead atoms. The number of fused-ring (bicyclic) bond motifs is 2. The quantitative estimate of drug-likeness (QED) is 0.215. The van der Waals surface area contributed by atoms with Crippen molar-refractivity contribution in [2.45, 2.75) is 0 Å². The SMILES string of the molecule is O=[N+]([O-])[O-].O=[N+]([O-])c1cccc2ncccc12.O=[N+]([O-])c1cccc2ncccc12.[Ag+]. The minimum Gasteiger partial charge on any atom is -0.356 e. The zero-order chi connectivity index (χ0) is 22.1. The van der Waals surface area contributed by atoms with Gasteiger partial charge in [0.25, 0.3) is 11.4 Å². The zero-order valence-corrected chi connectivity index (χ0v) is 16.8. The molecule has 0 atom stereocenters. The molecule has 31 heavy (non-hydrogen) atoms. The molecule has 0 N–H and O–H groups in total. The number of rotatable bonds is 2. The molecule has 2 aromatic carbocycles. The number of nitro groups is 2. The Morgan fingerprint density at radius 2 is 0.935 bits per heavy atom. The predicted molar refractivity (Wildman–Crippen MR) is 107 cm³/mol. The second kappa shape index (κ2) is 11.9. The fraction of sp³-hybridized carbons (Fsp3) is 0. The van der Waals surface area contributed by atoms with Crippen molar-refractivity contribution < 1.29 is 37.3 Å². The van der Waals surface area contributed by atoms with E-state index < -0.39 is 14.9 Å². The molecule has 0 aliphatic heterocycles. The zero-order valence-electron chi connectivity index (χ0n) is 15.3. The molecule has 4 rings (SSSR count). The van der Waals surface area contributed by atoms with E-state index in [1.807, 2.05) is 0 Å². The summed E-state index contributed by atoms with van der Waals surface area (Å²) >= 11 is 0. The molecule has 0 amide bonds. The normalized spacial score (nSPS) is 9.29. The Morgan fingerprint density at radius 3 is 1.26 bits per heavy atom. The molecule has 0 saturated carbocycles. The molecule has 2 heterocycles. The number of non-ortho nitro benzene ring substituents is 2. The second-order valence-electron chi connectivity index (χ2n) is 5.43. The standard InChI is InChI=1S/2C9H6N2O2.Ag.NO3/c2*12-11(13)9-5-1-4-8-7(9)3-2-6-10-8;;2-1(3)4/h2*1-6H;;/q;;+1;-1. The summed E-state index contributed by atoms with van der Waals surface area (Å²) in [7, 11) is 0. The van der Waals surface area contributed by atoms with Crippen molar-refractivity contribution in [2.75, 3.05) is 0 Å². The predicted octanol–water partition coefficient (Wildman–Crippen LogP) is 4.04. The minimum atomic E-state index is -1.75. The summed E-state index contributed by atoms with van der Waals surface area (Å²) in [5, 5.41) is 37.1. The first-order chi connectivity index (χ1) is 14.3. The van der Waals surface area contributed by atoms with Crippen molar-refractivity contribution in [1.29, 1.82) is 0 Å². The first-order valence-corrected chi connectivity index (χ1v) is 8.09. The number of hydrogen-bond donors (Lipinski definition) is 0. The van der Waals surface area contributed by atoms with Gasteiger partial charge in [-0.3, -0.25) is 30.2 Å². The molecule has 162 valence electrons. The van der Waals surface area contributed by atoms with Gasteiger partial charge >= 0.3 is 22.4 Å². The Hall–Kier alpha value is -4.00. The first-order valence-electron chi connectivity index (χ1n) is 8.09. The topological polar surface area (TPSA) is 178 Å². The van der Waals surface area contributed by atoms with Gasteiger partial charge in [-0.05, 0) is 36.4 Å². The van der Waals surface area contributed by atoms with Crippen molar-refractivity contribution in [2.24, 2.45) is 0 Å². The van der Waals surface area contributed by atoms with Crippen LogP contribution in [-0.4, -0.2) is 24.9 Å². The van der Waals surface area contributed by atoms with Crippen LogP contribution < -0.4 is 0 Å². The van der Waals surface area contributed by atoms with Crippen LogP contribution in [0, 0.1) is 35.6 Å². The van der Waals surface area contributed by atoms with Gasteiger partial charge in [-0.1, -0.05) is 12.1 Å². The van der Waals surface area contributed by atoms with Gasteiger partial charge in [0.05, 0.1) is 36.7 Å². The molecule has 0 radical (unpaired) electrons. The Labute approximate surface area is 189 Å². The van der Waals surface area contributed by atoms with Crippen LogP contribution in [0.4, 0.5) is 11.4 Å². The molecule has 0 spiro atoms. The molecule has 4 aromatic rings. The second-order valence-corrected chi connectivity index (χ2v) is 5.43. The van der Waals surface area contributed by atoms with Crippen LogP contribution in [0.5, 0.6) is 0 Å². The molecule has 0 unspecified atom stereocenters.